The minimum atomic E-state index is 0.884. The molecule has 1 aliphatic rings. The second kappa shape index (κ2) is 7.11. The van der Waals surface area contributed by atoms with E-state index in [1.54, 1.807) is 0 Å². The van der Waals surface area contributed by atoms with Crippen LogP contribution in [0.4, 0.5) is 0 Å². The SMILES string of the molecule is C=C(CC)CC1CC(C)CCC1CNCC. The number of rotatable bonds is 6. The van der Waals surface area contributed by atoms with Gasteiger partial charge in [0, 0.05) is 0 Å². The van der Waals surface area contributed by atoms with Crippen LogP contribution in [0.25, 0.3) is 0 Å². The van der Waals surface area contributed by atoms with Crippen LogP contribution in [0.2, 0.25) is 0 Å². The maximum absolute atomic E-state index is 4.19. The Balaban J connectivity index is 2.47. The van der Waals surface area contributed by atoms with Crippen molar-refractivity contribution >= 4 is 0 Å². The van der Waals surface area contributed by atoms with Crippen LogP contribution < -0.4 is 5.32 Å². The summed E-state index contributed by atoms with van der Waals surface area (Å²) in [5.74, 6) is 2.70. The molecule has 1 saturated carbocycles. The molecule has 1 heteroatoms. The van der Waals surface area contributed by atoms with Crippen LogP contribution in [0.5, 0.6) is 0 Å². The van der Waals surface area contributed by atoms with Gasteiger partial charge in [0.15, 0.2) is 0 Å². The molecule has 0 saturated heterocycles. The fourth-order valence-electron chi connectivity index (χ4n) is 2.93. The summed E-state index contributed by atoms with van der Waals surface area (Å²) in [6, 6.07) is 0. The highest BCUT2D eigenvalue weighted by Gasteiger charge is 2.28. The summed E-state index contributed by atoms with van der Waals surface area (Å²) in [6.45, 7) is 13.3. The molecule has 0 spiro atoms. The van der Waals surface area contributed by atoms with Gasteiger partial charge >= 0.3 is 0 Å². The zero-order chi connectivity index (χ0) is 12.0. The summed E-state index contributed by atoms with van der Waals surface area (Å²) in [4.78, 5) is 0. The lowest BCUT2D eigenvalue weighted by atomic mass is 9.72. The van der Waals surface area contributed by atoms with Gasteiger partial charge in [-0.15, -0.1) is 0 Å². The molecule has 1 fully saturated rings. The Morgan fingerprint density at radius 2 is 2.00 bits per heavy atom. The first-order valence-corrected chi connectivity index (χ1v) is 7.04. The quantitative estimate of drug-likeness (QED) is 0.671. The standard InChI is InChI=1S/C15H29N/c1-5-12(3)9-15-10-13(4)7-8-14(15)11-16-6-2/h13-16H,3,5-11H2,1-2,4H3. The van der Waals surface area contributed by atoms with Crippen LogP contribution in [-0.2, 0) is 0 Å². The summed E-state index contributed by atoms with van der Waals surface area (Å²) < 4.78 is 0. The third-order valence-electron chi connectivity index (χ3n) is 4.11. The van der Waals surface area contributed by atoms with E-state index in [1.165, 1.54) is 37.8 Å². The lowest BCUT2D eigenvalue weighted by molar-refractivity contribution is 0.183. The molecule has 1 N–H and O–H groups in total. The van der Waals surface area contributed by atoms with Gasteiger partial charge in [0.25, 0.3) is 0 Å². The Bertz CT molecular complexity index is 207. The van der Waals surface area contributed by atoms with Gasteiger partial charge in [0.2, 0.25) is 0 Å². The van der Waals surface area contributed by atoms with E-state index in [0.29, 0.717) is 0 Å². The molecule has 0 aliphatic heterocycles. The Morgan fingerprint density at radius 1 is 1.25 bits per heavy atom. The second-order valence-electron chi connectivity index (χ2n) is 5.55. The predicted molar refractivity (Wildman–Crippen MR) is 72.6 cm³/mol. The van der Waals surface area contributed by atoms with E-state index in [9.17, 15) is 0 Å². The van der Waals surface area contributed by atoms with Gasteiger partial charge in [0.1, 0.15) is 0 Å². The fraction of sp³-hybridized carbons (Fsp3) is 0.867. The van der Waals surface area contributed by atoms with E-state index < -0.39 is 0 Å². The number of hydrogen-bond donors (Lipinski definition) is 1. The Hall–Kier alpha value is -0.300. The Labute approximate surface area is 102 Å². The molecule has 1 rings (SSSR count). The molecule has 0 bridgehead atoms. The minimum absolute atomic E-state index is 0.884. The topological polar surface area (TPSA) is 12.0 Å². The van der Waals surface area contributed by atoms with Crippen LogP contribution in [0.15, 0.2) is 12.2 Å². The average molecular weight is 223 g/mol. The van der Waals surface area contributed by atoms with Crippen molar-refractivity contribution in [3.63, 3.8) is 0 Å². The lowest BCUT2D eigenvalue weighted by Gasteiger charge is -2.35. The van der Waals surface area contributed by atoms with E-state index in [4.69, 9.17) is 0 Å². The second-order valence-corrected chi connectivity index (χ2v) is 5.55. The Morgan fingerprint density at radius 3 is 2.62 bits per heavy atom. The molecule has 0 aromatic rings. The molecular weight excluding hydrogens is 194 g/mol. The molecule has 1 nitrogen and oxygen atoms in total. The monoisotopic (exact) mass is 223 g/mol. The van der Waals surface area contributed by atoms with Gasteiger partial charge in [-0.3, -0.25) is 0 Å². The first-order chi connectivity index (χ1) is 7.67. The van der Waals surface area contributed by atoms with Gasteiger partial charge in [-0.05, 0) is 56.5 Å². The van der Waals surface area contributed by atoms with E-state index in [0.717, 1.165) is 30.7 Å². The van der Waals surface area contributed by atoms with Crippen molar-refractivity contribution in [2.24, 2.45) is 17.8 Å². The van der Waals surface area contributed by atoms with Crippen LogP contribution in [0, 0.1) is 17.8 Å². The van der Waals surface area contributed by atoms with Gasteiger partial charge < -0.3 is 5.32 Å². The zero-order valence-electron chi connectivity index (χ0n) is 11.4. The first kappa shape index (κ1) is 13.8. The van der Waals surface area contributed by atoms with Crippen molar-refractivity contribution in [2.75, 3.05) is 13.1 Å². The molecule has 3 atom stereocenters. The molecule has 1 aliphatic carbocycles. The van der Waals surface area contributed by atoms with Gasteiger partial charge in [-0.2, -0.15) is 0 Å². The van der Waals surface area contributed by atoms with E-state index >= 15 is 0 Å². The highest BCUT2D eigenvalue weighted by atomic mass is 14.8. The fourth-order valence-corrected chi connectivity index (χ4v) is 2.93. The molecule has 3 unspecified atom stereocenters. The highest BCUT2D eigenvalue weighted by Crippen LogP contribution is 2.37. The summed E-state index contributed by atoms with van der Waals surface area (Å²) >= 11 is 0. The number of nitrogens with one attached hydrogen (secondary N) is 1. The maximum Gasteiger partial charge on any atom is -0.00179 e. The molecule has 0 amide bonds. The van der Waals surface area contributed by atoms with Crippen molar-refractivity contribution in [2.45, 2.75) is 52.9 Å². The normalized spacial score (nSPS) is 30.3. The summed E-state index contributed by atoms with van der Waals surface area (Å²) in [5.41, 5.74) is 1.44. The molecule has 0 radical (unpaired) electrons. The van der Waals surface area contributed by atoms with Crippen LogP contribution in [0.3, 0.4) is 0 Å². The lowest BCUT2D eigenvalue weighted by Crippen LogP contribution is -2.32. The number of allylic oxidation sites excluding steroid dienone is 1. The van der Waals surface area contributed by atoms with Crippen molar-refractivity contribution in [1.29, 1.82) is 0 Å². The molecule has 0 aromatic carbocycles. The summed E-state index contributed by atoms with van der Waals surface area (Å²) in [5, 5.41) is 3.52. The third-order valence-corrected chi connectivity index (χ3v) is 4.11. The number of hydrogen-bond acceptors (Lipinski definition) is 1. The van der Waals surface area contributed by atoms with Crippen molar-refractivity contribution in [3.05, 3.63) is 12.2 Å². The first-order valence-electron chi connectivity index (χ1n) is 7.04. The van der Waals surface area contributed by atoms with Crippen LogP contribution in [-0.4, -0.2) is 13.1 Å². The Kier molecular flexibility index (Phi) is 6.12. The van der Waals surface area contributed by atoms with Gasteiger partial charge in [0.05, 0.1) is 0 Å². The van der Waals surface area contributed by atoms with E-state index in [-0.39, 0.29) is 0 Å². The van der Waals surface area contributed by atoms with Crippen LogP contribution >= 0.6 is 0 Å². The van der Waals surface area contributed by atoms with E-state index in [2.05, 4.69) is 32.7 Å². The summed E-state index contributed by atoms with van der Waals surface area (Å²) in [6.07, 6.45) is 6.66. The van der Waals surface area contributed by atoms with E-state index in [1.807, 2.05) is 0 Å². The smallest absolute Gasteiger partial charge is 0.00179 e. The van der Waals surface area contributed by atoms with Crippen molar-refractivity contribution in [3.8, 4) is 0 Å². The van der Waals surface area contributed by atoms with Gasteiger partial charge in [-0.1, -0.05) is 39.3 Å². The average Bonchev–Trinajstić information content (AvgIpc) is 2.28. The van der Waals surface area contributed by atoms with Gasteiger partial charge in [-0.25, -0.2) is 0 Å². The minimum Gasteiger partial charge on any atom is -0.317 e. The maximum atomic E-state index is 4.19. The summed E-state index contributed by atoms with van der Waals surface area (Å²) in [7, 11) is 0. The zero-order valence-corrected chi connectivity index (χ0v) is 11.4. The highest BCUT2D eigenvalue weighted by molar-refractivity contribution is 4.97. The molecule has 94 valence electrons. The molecular formula is C15H29N. The largest absolute Gasteiger partial charge is 0.317 e. The van der Waals surface area contributed by atoms with Crippen LogP contribution in [0.1, 0.15) is 52.9 Å². The van der Waals surface area contributed by atoms with Crippen molar-refractivity contribution in [1.82, 2.24) is 5.32 Å². The third kappa shape index (κ3) is 4.29. The molecule has 0 aromatic heterocycles. The molecule has 0 heterocycles. The molecule has 16 heavy (non-hydrogen) atoms. The predicted octanol–water partition coefficient (Wildman–Crippen LogP) is 4.00. The van der Waals surface area contributed by atoms with Crippen molar-refractivity contribution < 1.29 is 0 Å².